The molecule has 0 saturated carbocycles. The highest BCUT2D eigenvalue weighted by atomic mass is 28.4. The standard InChI is InChI=1S/C26H44O6Si/c1-24(2,3)33(7,8)30-17-25(4,5)15-14-20-26(6,28)22(27)21-19(31-20)16-29-23(32-21)18-12-10-9-11-13-18/h9-13,19-23,27-28H,14-17H2,1-8H3. The largest absolute Gasteiger partial charge is 0.416 e. The van der Waals surface area contributed by atoms with Crippen molar-refractivity contribution < 1.29 is 28.8 Å². The first-order chi connectivity index (χ1) is 15.1. The summed E-state index contributed by atoms with van der Waals surface area (Å²) in [4.78, 5) is 0. The van der Waals surface area contributed by atoms with Crippen LogP contribution in [0, 0.1) is 5.41 Å². The summed E-state index contributed by atoms with van der Waals surface area (Å²) in [5.74, 6) is 0. The van der Waals surface area contributed by atoms with E-state index >= 15 is 0 Å². The summed E-state index contributed by atoms with van der Waals surface area (Å²) >= 11 is 0. The molecule has 0 radical (unpaired) electrons. The molecule has 2 aliphatic rings. The van der Waals surface area contributed by atoms with Gasteiger partial charge in [0.15, 0.2) is 14.6 Å². The molecule has 6 nitrogen and oxygen atoms in total. The molecule has 6 atom stereocenters. The minimum absolute atomic E-state index is 0.0747. The van der Waals surface area contributed by atoms with Crippen LogP contribution in [0.5, 0.6) is 0 Å². The normalized spacial score (nSPS) is 33.6. The summed E-state index contributed by atoms with van der Waals surface area (Å²) in [5.41, 5.74) is -0.612. The van der Waals surface area contributed by atoms with E-state index in [1.54, 1.807) is 6.92 Å². The second-order valence-electron chi connectivity index (χ2n) is 12.3. The SMILES string of the molecule is CC(C)(CCC1OC2COC(c3ccccc3)OC2C(O)C1(C)O)CO[Si](C)(C)C(C)(C)C. The van der Waals surface area contributed by atoms with E-state index in [-0.39, 0.29) is 10.5 Å². The van der Waals surface area contributed by atoms with Gasteiger partial charge < -0.3 is 28.8 Å². The van der Waals surface area contributed by atoms with Crippen LogP contribution in [0.4, 0.5) is 0 Å². The molecule has 0 aromatic heterocycles. The molecular formula is C26H44O6Si. The van der Waals surface area contributed by atoms with E-state index in [1.165, 1.54) is 0 Å². The first kappa shape index (κ1) is 26.8. The summed E-state index contributed by atoms with van der Waals surface area (Å²) in [6, 6.07) is 9.63. The van der Waals surface area contributed by atoms with Gasteiger partial charge in [-0.3, -0.25) is 0 Å². The predicted molar refractivity (Wildman–Crippen MR) is 131 cm³/mol. The number of ether oxygens (including phenoxy) is 3. The van der Waals surface area contributed by atoms with Crippen LogP contribution in [-0.2, 0) is 18.6 Å². The quantitative estimate of drug-likeness (QED) is 0.546. The third kappa shape index (κ3) is 6.07. The Kier molecular flexibility index (Phi) is 7.86. The Bertz CT molecular complexity index is 773. The lowest BCUT2D eigenvalue weighted by atomic mass is 9.78. The first-order valence-electron chi connectivity index (χ1n) is 12.2. The molecule has 188 valence electrons. The highest BCUT2D eigenvalue weighted by Gasteiger charge is 2.55. The van der Waals surface area contributed by atoms with E-state index in [0.29, 0.717) is 19.6 Å². The molecule has 33 heavy (non-hydrogen) atoms. The van der Waals surface area contributed by atoms with Gasteiger partial charge in [0, 0.05) is 12.2 Å². The molecule has 0 spiro atoms. The van der Waals surface area contributed by atoms with Crippen molar-refractivity contribution in [2.24, 2.45) is 5.41 Å². The smallest absolute Gasteiger partial charge is 0.192 e. The number of hydrogen-bond donors (Lipinski definition) is 2. The number of benzene rings is 1. The van der Waals surface area contributed by atoms with Crippen molar-refractivity contribution in [1.82, 2.24) is 0 Å². The van der Waals surface area contributed by atoms with Gasteiger partial charge in [-0.1, -0.05) is 65.0 Å². The molecule has 2 aliphatic heterocycles. The van der Waals surface area contributed by atoms with Crippen molar-refractivity contribution in [3.8, 4) is 0 Å². The lowest BCUT2D eigenvalue weighted by Crippen LogP contribution is -2.67. The van der Waals surface area contributed by atoms with Crippen LogP contribution in [0.3, 0.4) is 0 Å². The van der Waals surface area contributed by atoms with E-state index in [4.69, 9.17) is 18.6 Å². The summed E-state index contributed by atoms with van der Waals surface area (Å²) in [7, 11) is -1.83. The molecule has 2 fully saturated rings. The van der Waals surface area contributed by atoms with Crippen LogP contribution in [-0.4, -0.2) is 61.8 Å². The fourth-order valence-electron chi connectivity index (χ4n) is 4.14. The van der Waals surface area contributed by atoms with Crippen molar-refractivity contribution in [2.75, 3.05) is 13.2 Å². The molecular weight excluding hydrogens is 436 g/mol. The lowest BCUT2D eigenvalue weighted by molar-refractivity contribution is -0.347. The lowest BCUT2D eigenvalue weighted by Gasteiger charge is -2.51. The zero-order valence-corrected chi connectivity index (χ0v) is 22.6. The Morgan fingerprint density at radius 3 is 2.33 bits per heavy atom. The molecule has 2 saturated heterocycles. The number of aliphatic hydroxyl groups excluding tert-OH is 1. The van der Waals surface area contributed by atoms with Gasteiger partial charge in [0.05, 0.1) is 12.7 Å². The number of hydrogen-bond acceptors (Lipinski definition) is 6. The number of fused-ring (bicyclic) bond motifs is 1. The fourth-order valence-corrected chi connectivity index (χ4v) is 5.33. The summed E-state index contributed by atoms with van der Waals surface area (Å²) < 4.78 is 24.7. The van der Waals surface area contributed by atoms with Gasteiger partial charge in [-0.15, -0.1) is 0 Å². The van der Waals surface area contributed by atoms with Gasteiger partial charge in [-0.25, -0.2) is 0 Å². The molecule has 7 heteroatoms. The molecule has 2 N–H and O–H groups in total. The predicted octanol–water partition coefficient (Wildman–Crippen LogP) is 4.81. The monoisotopic (exact) mass is 480 g/mol. The average molecular weight is 481 g/mol. The highest BCUT2D eigenvalue weighted by Crippen LogP contribution is 2.41. The van der Waals surface area contributed by atoms with Crippen LogP contribution in [0.2, 0.25) is 18.1 Å². The van der Waals surface area contributed by atoms with E-state index in [2.05, 4.69) is 47.7 Å². The topological polar surface area (TPSA) is 77.4 Å². The zero-order valence-electron chi connectivity index (χ0n) is 21.6. The minimum atomic E-state index is -1.83. The molecule has 0 aliphatic carbocycles. The third-order valence-corrected chi connectivity index (χ3v) is 12.2. The Morgan fingerprint density at radius 1 is 1.09 bits per heavy atom. The Labute approximate surface area is 200 Å². The summed E-state index contributed by atoms with van der Waals surface area (Å²) in [6.45, 7) is 18.3. The number of rotatable bonds is 7. The van der Waals surface area contributed by atoms with Crippen molar-refractivity contribution in [3.05, 3.63) is 35.9 Å². The van der Waals surface area contributed by atoms with Gasteiger partial charge in [0.2, 0.25) is 0 Å². The maximum absolute atomic E-state index is 11.2. The third-order valence-electron chi connectivity index (χ3n) is 7.74. The Morgan fingerprint density at radius 2 is 1.73 bits per heavy atom. The second-order valence-corrected chi connectivity index (χ2v) is 17.1. The van der Waals surface area contributed by atoms with Crippen molar-refractivity contribution >= 4 is 8.32 Å². The van der Waals surface area contributed by atoms with Gasteiger partial charge in [-0.2, -0.15) is 0 Å². The molecule has 2 heterocycles. The van der Waals surface area contributed by atoms with Crippen molar-refractivity contribution in [1.29, 1.82) is 0 Å². The molecule has 1 aromatic carbocycles. The maximum atomic E-state index is 11.2. The van der Waals surface area contributed by atoms with E-state index < -0.39 is 44.6 Å². The Balaban J connectivity index is 1.61. The molecule has 1 aromatic rings. The van der Waals surface area contributed by atoms with Gasteiger partial charge in [0.1, 0.15) is 23.9 Å². The van der Waals surface area contributed by atoms with Crippen molar-refractivity contribution in [3.63, 3.8) is 0 Å². The first-order valence-corrected chi connectivity index (χ1v) is 15.1. The van der Waals surface area contributed by atoms with Crippen LogP contribution < -0.4 is 0 Å². The average Bonchev–Trinajstić information content (AvgIpc) is 2.74. The summed E-state index contributed by atoms with van der Waals surface area (Å²) in [6.07, 6.45) is -1.81. The second kappa shape index (κ2) is 9.68. The molecule has 6 unspecified atom stereocenters. The Hall–Kier alpha value is -0.803. The molecule has 3 rings (SSSR count). The minimum Gasteiger partial charge on any atom is -0.416 e. The summed E-state index contributed by atoms with van der Waals surface area (Å²) in [5, 5.41) is 22.5. The van der Waals surface area contributed by atoms with Crippen LogP contribution in [0.1, 0.15) is 66.2 Å². The van der Waals surface area contributed by atoms with Crippen LogP contribution >= 0.6 is 0 Å². The zero-order chi connectivity index (χ0) is 24.7. The number of aliphatic hydroxyl groups is 2. The van der Waals surface area contributed by atoms with Gasteiger partial charge in [-0.05, 0) is 43.3 Å². The maximum Gasteiger partial charge on any atom is 0.192 e. The van der Waals surface area contributed by atoms with E-state index in [9.17, 15) is 10.2 Å². The van der Waals surface area contributed by atoms with E-state index in [1.807, 2.05) is 30.3 Å². The fraction of sp³-hybridized carbons (Fsp3) is 0.769. The van der Waals surface area contributed by atoms with Gasteiger partial charge >= 0.3 is 0 Å². The van der Waals surface area contributed by atoms with E-state index in [0.717, 1.165) is 12.0 Å². The van der Waals surface area contributed by atoms with Crippen molar-refractivity contribution in [2.45, 2.75) is 109 Å². The molecule has 0 amide bonds. The highest BCUT2D eigenvalue weighted by molar-refractivity contribution is 6.74. The van der Waals surface area contributed by atoms with Crippen LogP contribution in [0.25, 0.3) is 0 Å². The molecule has 0 bridgehead atoms. The van der Waals surface area contributed by atoms with Crippen LogP contribution in [0.15, 0.2) is 30.3 Å². The van der Waals surface area contributed by atoms with Gasteiger partial charge in [0.25, 0.3) is 0 Å².